The topological polar surface area (TPSA) is 39.9 Å². The maximum Gasteiger partial charge on any atom is 0.163 e. The predicted octanol–water partition coefficient (Wildman–Crippen LogP) is 1.94. The third kappa shape index (κ3) is 1.44. The van der Waals surface area contributed by atoms with Crippen molar-refractivity contribution in [1.29, 1.82) is 5.26 Å². The number of rotatable bonds is 1. The van der Waals surface area contributed by atoms with E-state index < -0.39 is 0 Å². The second kappa shape index (κ2) is 3.67. The maximum absolute atomic E-state index is 8.93. The highest BCUT2D eigenvalue weighted by Gasteiger charge is 2.22. The van der Waals surface area contributed by atoms with Gasteiger partial charge < -0.3 is 4.90 Å². The summed E-state index contributed by atoms with van der Waals surface area (Å²) >= 11 is 0. The van der Waals surface area contributed by atoms with Gasteiger partial charge in [0.25, 0.3) is 0 Å². The Kier molecular flexibility index (Phi) is 2.36. The van der Waals surface area contributed by atoms with Crippen LogP contribution < -0.4 is 4.90 Å². The predicted molar refractivity (Wildman–Crippen MR) is 55.0 cm³/mol. The van der Waals surface area contributed by atoms with Gasteiger partial charge in [0.1, 0.15) is 6.07 Å². The minimum absolute atomic E-state index is 0.534. The van der Waals surface area contributed by atoms with Crippen molar-refractivity contribution in [3.05, 3.63) is 24.0 Å². The van der Waals surface area contributed by atoms with Crippen molar-refractivity contribution >= 4 is 5.69 Å². The van der Waals surface area contributed by atoms with Crippen LogP contribution >= 0.6 is 0 Å². The van der Waals surface area contributed by atoms with E-state index in [4.69, 9.17) is 5.26 Å². The fourth-order valence-electron chi connectivity index (χ4n) is 2.01. The van der Waals surface area contributed by atoms with Gasteiger partial charge in [-0.05, 0) is 31.9 Å². The summed E-state index contributed by atoms with van der Waals surface area (Å²) in [5.41, 5.74) is 1.53. The first-order valence-corrected chi connectivity index (χ1v) is 4.94. The molecule has 0 spiro atoms. The molecular weight excluding hydrogens is 174 g/mol. The molecule has 3 heteroatoms. The Balaban J connectivity index is 2.36. The van der Waals surface area contributed by atoms with Crippen molar-refractivity contribution in [2.24, 2.45) is 0 Å². The Morgan fingerprint density at radius 2 is 2.50 bits per heavy atom. The Labute approximate surface area is 84.0 Å². The SMILES string of the molecule is C[C@@H]1CCCN1c1cccnc1C#N. The van der Waals surface area contributed by atoms with Gasteiger partial charge in [0.15, 0.2) is 5.69 Å². The van der Waals surface area contributed by atoms with Gasteiger partial charge in [-0.3, -0.25) is 0 Å². The summed E-state index contributed by atoms with van der Waals surface area (Å²) < 4.78 is 0. The Morgan fingerprint density at radius 1 is 1.64 bits per heavy atom. The number of nitriles is 1. The molecule has 0 N–H and O–H groups in total. The first-order valence-electron chi connectivity index (χ1n) is 4.94. The molecule has 1 atom stereocenters. The summed E-state index contributed by atoms with van der Waals surface area (Å²) in [6.45, 7) is 3.24. The zero-order chi connectivity index (χ0) is 9.97. The van der Waals surface area contributed by atoms with Gasteiger partial charge in [-0.25, -0.2) is 4.98 Å². The molecule has 2 heterocycles. The number of hydrogen-bond donors (Lipinski definition) is 0. The van der Waals surface area contributed by atoms with Gasteiger partial charge in [0, 0.05) is 18.8 Å². The fourth-order valence-corrected chi connectivity index (χ4v) is 2.01. The first kappa shape index (κ1) is 9.01. The van der Waals surface area contributed by atoms with Crippen LogP contribution in [0.4, 0.5) is 5.69 Å². The molecule has 2 rings (SSSR count). The summed E-state index contributed by atoms with van der Waals surface area (Å²) in [4.78, 5) is 6.34. The molecule has 0 aliphatic carbocycles. The third-order valence-electron chi connectivity index (χ3n) is 2.75. The van der Waals surface area contributed by atoms with Gasteiger partial charge in [0.05, 0.1) is 5.69 Å². The third-order valence-corrected chi connectivity index (χ3v) is 2.75. The lowest BCUT2D eigenvalue weighted by Gasteiger charge is -2.23. The Hall–Kier alpha value is -1.56. The Morgan fingerprint density at radius 3 is 3.14 bits per heavy atom. The highest BCUT2D eigenvalue weighted by Crippen LogP contribution is 2.26. The van der Waals surface area contributed by atoms with Crippen molar-refractivity contribution in [1.82, 2.24) is 4.98 Å². The molecule has 3 nitrogen and oxygen atoms in total. The minimum atomic E-state index is 0.534. The van der Waals surface area contributed by atoms with Crippen LogP contribution in [0.1, 0.15) is 25.5 Å². The molecule has 0 saturated carbocycles. The summed E-state index contributed by atoms with van der Waals surface area (Å²) in [6.07, 6.45) is 4.09. The lowest BCUT2D eigenvalue weighted by Crippen LogP contribution is -2.27. The van der Waals surface area contributed by atoms with Crippen molar-refractivity contribution < 1.29 is 0 Å². The number of anilines is 1. The van der Waals surface area contributed by atoms with Gasteiger partial charge in [-0.1, -0.05) is 0 Å². The largest absolute Gasteiger partial charge is 0.366 e. The average molecular weight is 187 g/mol. The summed E-state index contributed by atoms with van der Waals surface area (Å²) in [6, 6.07) is 6.54. The highest BCUT2D eigenvalue weighted by molar-refractivity contribution is 5.56. The van der Waals surface area contributed by atoms with Crippen LogP contribution in [0.25, 0.3) is 0 Å². The van der Waals surface area contributed by atoms with E-state index in [9.17, 15) is 0 Å². The molecule has 0 radical (unpaired) electrons. The zero-order valence-electron chi connectivity index (χ0n) is 8.27. The van der Waals surface area contributed by atoms with Crippen LogP contribution in [-0.2, 0) is 0 Å². The van der Waals surface area contributed by atoms with Gasteiger partial charge in [-0.15, -0.1) is 0 Å². The fraction of sp³-hybridized carbons (Fsp3) is 0.455. The molecule has 1 aliphatic heterocycles. The van der Waals surface area contributed by atoms with E-state index in [0.29, 0.717) is 11.7 Å². The van der Waals surface area contributed by atoms with Crippen molar-refractivity contribution in [3.63, 3.8) is 0 Å². The molecule has 1 aliphatic rings. The van der Waals surface area contributed by atoms with Gasteiger partial charge in [-0.2, -0.15) is 5.26 Å². The second-order valence-electron chi connectivity index (χ2n) is 3.67. The van der Waals surface area contributed by atoms with E-state index in [1.807, 2.05) is 12.1 Å². The standard InChI is InChI=1S/C11H13N3/c1-9-4-3-7-14(9)11-5-2-6-13-10(11)8-12/h2,5-6,9H,3-4,7H2,1H3/t9-/m1/s1. The van der Waals surface area contributed by atoms with Gasteiger partial charge >= 0.3 is 0 Å². The normalized spacial score (nSPS) is 20.9. The quantitative estimate of drug-likeness (QED) is 0.674. The van der Waals surface area contributed by atoms with Crippen LogP contribution in [0.5, 0.6) is 0 Å². The lowest BCUT2D eigenvalue weighted by atomic mass is 10.2. The van der Waals surface area contributed by atoms with Crippen LogP contribution in [0.15, 0.2) is 18.3 Å². The van der Waals surface area contributed by atoms with Crippen molar-refractivity contribution in [3.8, 4) is 6.07 Å². The average Bonchev–Trinajstić information content (AvgIpc) is 2.64. The summed E-state index contributed by atoms with van der Waals surface area (Å²) in [5, 5.41) is 8.93. The Bertz CT molecular complexity index is 367. The number of pyridine rings is 1. The van der Waals surface area contributed by atoms with E-state index in [-0.39, 0.29) is 0 Å². The molecule has 1 fully saturated rings. The molecule has 72 valence electrons. The molecule has 14 heavy (non-hydrogen) atoms. The first-order chi connectivity index (χ1) is 6.83. The summed E-state index contributed by atoms with van der Waals surface area (Å²) in [7, 11) is 0. The smallest absolute Gasteiger partial charge is 0.163 e. The number of hydrogen-bond acceptors (Lipinski definition) is 3. The van der Waals surface area contributed by atoms with Crippen LogP contribution in [0, 0.1) is 11.3 Å². The van der Waals surface area contributed by atoms with E-state index in [0.717, 1.165) is 12.2 Å². The zero-order valence-corrected chi connectivity index (χ0v) is 8.27. The van der Waals surface area contributed by atoms with Crippen molar-refractivity contribution in [2.75, 3.05) is 11.4 Å². The summed E-state index contributed by atoms with van der Waals surface area (Å²) in [5.74, 6) is 0. The van der Waals surface area contributed by atoms with Crippen LogP contribution in [0.2, 0.25) is 0 Å². The molecule has 0 aromatic carbocycles. The van der Waals surface area contributed by atoms with Gasteiger partial charge in [0.2, 0.25) is 0 Å². The van der Waals surface area contributed by atoms with E-state index >= 15 is 0 Å². The number of aromatic nitrogens is 1. The van der Waals surface area contributed by atoms with Crippen molar-refractivity contribution in [2.45, 2.75) is 25.8 Å². The molecule has 1 aromatic heterocycles. The highest BCUT2D eigenvalue weighted by atomic mass is 15.2. The lowest BCUT2D eigenvalue weighted by molar-refractivity contribution is 0.733. The minimum Gasteiger partial charge on any atom is -0.366 e. The van der Waals surface area contributed by atoms with E-state index in [1.165, 1.54) is 12.8 Å². The van der Waals surface area contributed by atoms with E-state index in [2.05, 4.69) is 22.9 Å². The van der Waals surface area contributed by atoms with Crippen LogP contribution in [0.3, 0.4) is 0 Å². The van der Waals surface area contributed by atoms with Crippen LogP contribution in [-0.4, -0.2) is 17.6 Å². The van der Waals surface area contributed by atoms with E-state index in [1.54, 1.807) is 6.20 Å². The molecule has 0 bridgehead atoms. The molecule has 1 aromatic rings. The number of nitrogens with zero attached hydrogens (tertiary/aromatic N) is 3. The molecular formula is C11H13N3. The monoisotopic (exact) mass is 187 g/mol. The second-order valence-corrected chi connectivity index (χ2v) is 3.67. The molecule has 0 unspecified atom stereocenters. The maximum atomic E-state index is 8.93. The molecule has 1 saturated heterocycles. The molecule has 0 amide bonds.